The Morgan fingerprint density at radius 3 is 2.33 bits per heavy atom. The monoisotopic (exact) mass is 507 g/mol. The summed E-state index contributed by atoms with van der Waals surface area (Å²) in [6.07, 6.45) is 0. The maximum absolute atomic E-state index is 13.0. The highest BCUT2D eigenvalue weighted by Crippen LogP contribution is 2.30. The van der Waals surface area contributed by atoms with Crippen molar-refractivity contribution >= 4 is 39.2 Å². The van der Waals surface area contributed by atoms with E-state index in [1.807, 2.05) is 30.3 Å². The first-order chi connectivity index (χ1) is 16.0. The third-order valence-electron chi connectivity index (χ3n) is 5.75. The Kier molecular flexibility index (Phi) is 7.42. The van der Waals surface area contributed by atoms with Gasteiger partial charge in [-0.3, -0.25) is 9.69 Å². The van der Waals surface area contributed by atoms with Crippen LogP contribution >= 0.6 is 15.9 Å². The first-order valence-electron chi connectivity index (χ1n) is 10.8. The number of amides is 1. The SMILES string of the molecule is COC(=O)c1ccc(N2CCN(Cc3ccccc3)CC2)c(NC(=O)c2ccccc2Br)c1. The Hall–Kier alpha value is -3.16. The van der Waals surface area contributed by atoms with E-state index in [9.17, 15) is 9.59 Å². The second kappa shape index (κ2) is 10.6. The zero-order chi connectivity index (χ0) is 23.2. The molecule has 1 amide bonds. The van der Waals surface area contributed by atoms with Gasteiger partial charge in [-0.15, -0.1) is 0 Å². The molecule has 0 aromatic heterocycles. The highest BCUT2D eigenvalue weighted by molar-refractivity contribution is 9.10. The van der Waals surface area contributed by atoms with Crippen molar-refractivity contribution in [1.29, 1.82) is 0 Å². The van der Waals surface area contributed by atoms with Crippen LogP contribution in [0.4, 0.5) is 11.4 Å². The Morgan fingerprint density at radius 2 is 1.64 bits per heavy atom. The summed E-state index contributed by atoms with van der Waals surface area (Å²) in [6, 6.07) is 23.0. The first-order valence-corrected chi connectivity index (χ1v) is 11.6. The first kappa shape index (κ1) is 23.0. The van der Waals surface area contributed by atoms with E-state index in [4.69, 9.17) is 4.74 Å². The highest BCUT2D eigenvalue weighted by atomic mass is 79.9. The van der Waals surface area contributed by atoms with Gasteiger partial charge in [-0.05, 0) is 51.8 Å². The van der Waals surface area contributed by atoms with Crippen LogP contribution in [0.15, 0.2) is 77.3 Å². The standard InChI is InChI=1S/C26H26BrN3O3/c1-33-26(32)20-11-12-24(23(17-20)28-25(31)21-9-5-6-10-22(21)27)30-15-13-29(14-16-30)18-19-7-3-2-4-8-19/h2-12,17H,13-16,18H2,1H3,(H,28,31). The van der Waals surface area contributed by atoms with Crippen LogP contribution in [-0.4, -0.2) is 50.1 Å². The Morgan fingerprint density at radius 1 is 0.939 bits per heavy atom. The second-order valence-corrected chi connectivity index (χ2v) is 8.76. The van der Waals surface area contributed by atoms with Gasteiger partial charge in [-0.2, -0.15) is 0 Å². The smallest absolute Gasteiger partial charge is 0.337 e. The van der Waals surface area contributed by atoms with Crippen molar-refractivity contribution in [3.63, 3.8) is 0 Å². The molecule has 0 aliphatic carbocycles. The average molecular weight is 508 g/mol. The fourth-order valence-corrected chi connectivity index (χ4v) is 4.45. The summed E-state index contributed by atoms with van der Waals surface area (Å²) in [5.74, 6) is -0.681. The molecule has 3 aromatic rings. The molecule has 6 nitrogen and oxygen atoms in total. The number of nitrogens with zero attached hydrogens (tertiary/aromatic N) is 2. The van der Waals surface area contributed by atoms with E-state index in [2.05, 4.69) is 55.3 Å². The number of carbonyl (C=O) groups is 2. The third kappa shape index (κ3) is 5.61. The maximum atomic E-state index is 13.0. The fourth-order valence-electron chi connectivity index (χ4n) is 3.98. The van der Waals surface area contributed by atoms with Crippen LogP contribution in [-0.2, 0) is 11.3 Å². The summed E-state index contributed by atoms with van der Waals surface area (Å²) >= 11 is 3.44. The van der Waals surface area contributed by atoms with Crippen molar-refractivity contribution in [3.8, 4) is 0 Å². The van der Waals surface area contributed by atoms with Crippen LogP contribution in [0.5, 0.6) is 0 Å². The number of benzene rings is 3. The molecular weight excluding hydrogens is 482 g/mol. The normalized spacial score (nSPS) is 14.1. The van der Waals surface area contributed by atoms with Gasteiger partial charge in [0.15, 0.2) is 0 Å². The topological polar surface area (TPSA) is 61.9 Å². The lowest BCUT2D eigenvalue weighted by Crippen LogP contribution is -2.46. The largest absolute Gasteiger partial charge is 0.465 e. The van der Waals surface area contributed by atoms with Gasteiger partial charge in [-0.1, -0.05) is 42.5 Å². The zero-order valence-electron chi connectivity index (χ0n) is 18.5. The summed E-state index contributed by atoms with van der Waals surface area (Å²) in [6.45, 7) is 4.38. The number of esters is 1. The molecule has 0 saturated carbocycles. The van der Waals surface area contributed by atoms with Gasteiger partial charge in [0.25, 0.3) is 5.91 Å². The minimum absolute atomic E-state index is 0.242. The summed E-state index contributed by atoms with van der Waals surface area (Å²) < 4.78 is 5.59. The van der Waals surface area contributed by atoms with Crippen molar-refractivity contribution in [2.24, 2.45) is 0 Å². The molecule has 1 aliphatic heterocycles. The lowest BCUT2D eigenvalue weighted by atomic mass is 10.1. The molecular formula is C26H26BrN3O3. The van der Waals surface area contributed by atoms with Crippen molar-refractivity contribution in [2.45, 2.75) is 6.54 Å². The Balaban J connectivity index is 1.53. The molecule has 0 radical (unpaired) electrons. The molecule has 1 aliphatic rings. The number of halogens is 1. The summed E-state index contributed by atoms with van der Waals surface area (Å²) in [5.41, 5.74) is 3.71. The molecule has 0 spiro atoms. The van der Waals surface area contributed by atoms with E-state index in [0.29, 0.717) is 21.3 Å². The number of hydrogen-bond donors (Lipinski definition) is 1. The van der Waals surface area contributed by atoms with E-state index in [0.717, 1.165) is 38.4 Å². The van der Waals surface area contributed by atoms with E-state index in [1.165, 1.54) is 12.7 Å². The van der Waals surface area contributed by atoms with Crippen LogP contribution in [0.3, 0.4) is 0 Å². The highest BCUT2D eigenvalue weighted by Gasteiger charge is 2.22. The van der Waals surface area contributed by atoms with Gasteiger partial charge < -0.3 is 15.0 Å². The van der Waals surface area contributed by atoms with Gasteiger partial charge in [0.2, 0.25) is 0 Å². The Labute approximate surface area is 202 Å². The van der Waals surface area contributed by atoms with E-state index in [-0.39, 0.29) is 5.91 Å². The van der Waals surface area contributed by atoms with Gasteiger partial charge in [0, 0.05) is 37.2 Å². The quantitative estimate of drug-likeness (QED) is 0.485. The number of hydrogen-bond acceptors (Lipinski definition) is 5. The van der Waals surface area contributed by atoms with Gasteiger partial charge in [0.05, 0.1) is 29.6 Å². The molecule has 0 unspecified atom stereocenters. The van der Waals surface area contributed by atoms with Crippen LogP contribution in [0.25, 0.3) is 0 Å². The van der Waals surface area contributed by atoms with Crippen LogP contribution < -0.4 is 10.2 Å². The molecule has 0 bridgehead atoms. The minimum Gasteiger partial charge on any atom is -0.465 e. The molecule has 7 heteroatoms. The number of anilines is 2. The van der Waals surface area contributed by atoms with Gasteiger partial charge in [0.1, 0.15) is 0 Å². The molecule has 33 heavy (non-hydrogen) atoms. The predicted octanol–water partition coefficient (Wildman–Crippen LogP) is 4.81. The molecule has 3 aromatic carbocycles. The summed E-state index contributed by atoms with van der Waals surface area (Å²) in [4.78, 5) is 29.8. The number of rotatable bonds is 6. The van der Waals surface area contributed by atoms with E-state index < -0.39 is 5.97 Å². The number of piperazine rings is 1. The van der Waals surface area contributed by atoms with E-state index in [1.54, 1.807) is 18.2 Å². The molecule has 1 heterocycles. The lowest BCUT2D eigenvalue weighted by Gasteiger charge is -2.37. The second-order valence-electron chi connectivity index (χ2n) is 7.91. The molecule has 1 saturated heterocycles. The van der Waals surface area contributed by atoms with Crippen LogP contribution in [0, 0.1) is 0 Å². The lowest BCUT2D eigenvalue weighted by molar-refractivity contribution is 0.0600. The number of methoxy groups -OCH3 is 1. The van der Waals surface area contributed by atoms with Crippen LogP contribution in [0.2, 0.25) is 0 Å². The molecule has 1 N–H and O–H groups in total. The van der Waals surface area contributed by atoms with Crippen LogP contribution in [0.1, 0.15) is 26.3 Å². The van der Waals surface area contributed by atoms with Crippen molar-refractivity contribution in [3.05, 3.63) is 94.0 Å². The number of ether oxygens (including phenoxy) is 1. The molecule has 1 fully saturated rings. The van der Waals surface area contributed by atoms with Crippen molar-refractivity contribution in [1.82, 2.24) is 4.90 Å². The third-order valence-corrected chi connectivity index (χ3v) is 6.44. The maximum Gasteiger partial charge on any atom is 0.337 e. The summed E-state index contributed by atoms with van der Waals surface area (Å²) in [5, 5.41) is 3.00. The Bertz CT molecular complexity index is 1130. The van der Waals surface area contributed by atoms with Gasteiger partial charge in [-0.25, -0.2) is 4.79 Å². The molecule has 4 rings (SSSR count). The van der Waals surface area contributed by atoms with Gasteiger partial charge >= 0.3 is 5.97 Å². The number of nitrogens with one attached hydrogen (secondary N) is 1. The molecule has 0 atom stereocenters. The number of carbonyl (C=O) groups excluding carboxylic acids is 2. The minimum atomic E-state index is -0.439. The predicted molar refractivity (Wildman–Crippen MR) is 134 cm³/mol. The van der Waals surface area contributed by atoms with Crippen molar-refractivity contribution in [2.75, 3.05) is 43.5 Å². The van der Waals surface area contributed by atoms with Crippen molar-refractivity contribution < 1.29 is 14.3 Å². The fraction of sp³-hybridized carbons (Fsp3) is 0.231. The zero-order valence-corrected chi connectivity index (χ0v) is 20.0. The van der Waals surface area contributed by atoms with E-state index >= 15 is 0 Å². The molecule has 170 valence electrons. The summed E-state index contributed by atoms with van der Waals surface area (Å²) in [7, 11) is 1.35. The average Bonchev–Trinajstić information content (AvgIpc) is 2.85.